The molecular weight excluding hydrogens is 645 g/mol. The molecular formula is C31H38N8O6S2. The average molecular weight is 683 g/mol. The summed E-state index contributed by atoms with van der Waals surface area (Å²) in [5, 5.41) is 14.7. The molecule has 3 aromatic carbocycles. The fourth-order valence-corrected chi connectivity index (χ4v) is 9.43. The highest BCUT2D eigenvalue weighted by atomic mass is 32.2. The van der Waals surface area contributed by atoms with E-state index >= 15 is 0 Å². The Morgan fingerprint density at radius 3 is 2.19 bits per heavy atom. The van der Waals surface area contributed by atoms with Crippen molar-refractivity contribution in [1.82, 2.24) is 30.2 Å². The minimum absolute atomic E-state index is 0.0914. The third-order valence-electron chi connectivity index (χ3n) is 8.53. The molecule has 0 spiro atoms. The predicted molar refractivity (Wildman–Crippen MR) is 176 cm³/mol. The molecule has 14 nitrogen and oxygen atoms in total. The van der Waals surface area contributed by atoms with E-state index in [1.54, 1.807) is 56.7 Å². The van der Waals surface area contributed by atoms with E-state index in [2.05, 4.69) is 25.6 Å². The van der Waals surface area contributed by atoms with Crippen LogP contribution in [0.1, 0.15) is 24.0 Å². The zero-order valence-corrected chi connectivity index (χ0v) is 27.8. The third kappa shape index (κ3) is 6.82. The van der Waals surface area contributed by atoms with Crippen LogP contribution in [0.3, 0.4) is 0 Å². The van der Waals surface area contributed by atoms with Gasteiger partial charge in [0, 0.05) is 44.5 Å². The van der Waals surface area contributed by atoms with Crippen LogP contribution in [0.5, 0.6) is 11.5 Å². The highest BCUT2D eigenvalue weighted by Crippen LogP contribution is 2.41. The van der Waals surface area contributed by atoms with Crippen LogP contribution in [0.15, 0.2) is 70.5 Å². The lowest BCUT2D eigenvalue weighted by Gasteiger charge is -2.35. The normalized spacial score (nSPS) is 17.3. The number of sulfone groups is 1. The lowest BCUT2D eigenvalue weighted by atomic mass is 10.0. The van der Waals surface area contributed by atoms with Gasteiger partial charge in [-0.05, 0) is 70.8 Å². The number of tetrazole rings is 1. The zero-order valence-electron chi connectivity index (χ0n) is 26.2. The molecule has 0 unspecified atom stereocenters. The maximum absolute atomic E-state index is 14.5. The van der Waals surface area contributed by atoms with E-state index in [0.29, 0.717) is 35.8 Å². The molecule has 6 rings (SSSR count). The molecule has 0 saturated carbocycles. The molecule has 1 atom stereocenters. The lowest BCUT2D eigenvalue weighted by Crippen LogP contribution is -2.51. The minimum Gasteiger partial charge on any atom is -0.497 e. The minimum atomic E-state index is -4.50. The molecule has 16 heteroatoms. The molecule has 0 amide bonds. The molecule has 250 valence electrons. The number of ether oxygens (including phenoxy) is 2. The molecule has 3 heterocycles. The molecule has 1 aromatic heterocycles. The van der Waals surface area contributed by atoms with Gasteiger partial charge in [-0.1, -0.05) is 24.3 Å². The second kappa shape index (κ2) is 13.6. The van der Waals surface area contributed by atoms with Crippen molar-refractivity contribution in [2.75, 3.05) is 45.3 Å². The first-order valence-corrected chi connectivity index (χ1v) is 18.3. The number of rotatable bonds is 12. The number of nitrogens with one attached hydrogen (secondary N) is 2. The average Bonchev–Trinajstić information content (AvgIpc) is 3.50. The first-order valence-electron chi connectivity index (χ1n) is 15.2. The van der Waals surface area contributed by atoms with Gasteiger partial charge in [-0.15, -0.1) is 5.10 Å². The molecule has 2 saturated heterocycles. The lowest BCUT2D eigenvalue weighted by molar-refractivity contribution is 0.414. The number of methoxy groups -OCH3 is 2. The summed E-state index contributed by atoms with van der Waals surface area (Å²) in [4.78, 5) is 1.30. The van der Waals surface area contributed by atoms with Gasteiger partial charge in [0.2, 0.25) is 10.0 Å². The Bertz CT molecular complexity index is 1930. The Hall–Kier alpha value is -4.09. The van der Waals surface area contributed by atoms with Gasteiger partial charge in [-0.2, -0.15) is 0 Å². The van der Waals surface area contributed by atoms with Crippen molar-refractivity contribution in [3.8, 4) is 22.9 Å². The third-order valence-corrected chi connectivity index (χ3v) is 12.3. The van der Waals surface area contributed by atoms with Crippen LogP contribution in [0.2, 0.25) is 0 Å². The topological polar surface area (TPSA) is 184 Å². The van der Waals surface area contributed by atoms with E-state index in [-0.39, 0.29) is 53.4 Å². The Morgan fingerprint density at radius 1 is 0.936 bits per heavy atom. The number of sulfonamides is 1. The number of nitrogens with two attached hydrogens (primary N) is 1. The largest absolute Gasteiger partial charge is 0.497 e. The second-order valence-corrected chi connectivity index (χ2v) is 15.5. The molecule has 0 bridgehead atoms. The van der Waals surface area contributed by atoms with E-state index in [0.717, 1.165) is 18.4 Å². The molecule has 2 aliphatic rings. The quantitative estimate of drug-likeness (QED) is 0.196. The van der Waals surface area contributed by atoms with Crippen molar-refractivity contribution in [2.45, 2.75) is 47.0 Å². The van der Waals surface area contributed by atoms with Gasteiger partial charge in [0.15, 0.2) is 15.7 Å². The summed E-state index contributed by atoms with van der Waals surface area (Å²) in [5.41, 5.74) is 8.45. The van der Waals surface area contributed by atoms with Crippen molar-refractivity contribution in [2.24, 2.45) is 5.73 Å². The number of benzene rings is 3. The predicted octanol–water partition coefficient (Wildman–Crippen LogP) is 1.56. The first-order chi connectivity index (χ1) is 22.6. The van der Waals surface area contributed by atoms with E-state index in [1.807, 2.05) is 17.0 Å². The van der Waals surface area contributed by atoms with Crippen molar-refractivity contribution in [1.29, 1.82) is 0 Å². The number of aromatic nitrogens is 4. The van der Waals surface area contributed by atoms with Gasteiger partial charge in [-0.3, -0.25) is 0 Å². The van der Waals surface area contributed by atoms with E-state index in [4.69, 9.17) is 15.2 Å². The van der Waals surface area contributed by atoms with Crippen molar-refractivity contribution < 1.29 is 26.3 Å². The van der Waals surface area contributed by atoms with Crippen LogP contribution in [0, 0.1) is 0 Å². The number of hydrogen-bond acceptors (Lipinski definition) is 12. The number of nitrogens with zero attached hydrogens (tertiary/aromatic N) is 5. The van der Waals surface area contributed by atoms with E-state index in [9.17, 15) is 16.8 Å². The van der Waals surface area contributed by atoms with Crippen molar-refractivity contribution in [3.63, 3.8) is 0 Å². The molecule has 2 fully saturated rings. The summed E-state index contributed by atoms with van der Waals surface area (Å²) in [6.45, 7) is 1.57. The Balaban J connectivity index is 1.53. The van der Waals surface area contributed by atoms with Gasteiger partial charge in [-0.25, -0.2) is 26.2 Å². The summed E-state index contributed by atoms with van der Waals surface area (Å²) < 4.78 is 71.9. The number of piperidine rings is 1. The number of anilines is 1. The van der Waals surface area contributed by atoms with Crippen LogP contribution < -0.4 is 30.1 Å². The SMILES string of the molecule is COc1ccc(CNS(=O)(=O)c2c(S(=O)(=O)C3CNC3)ccc(N3CCC[C@@H](N)C3)c2-c2nnnn2Cc2ccc(OC)cc2)cc1. The standard InChI is InChI=1S/C31H38N8O6S2/c1-44-24-9-5-21(6-10-24)16-34-47(42,43)30-28(46(40,41)26-17-33-18-26)14-13-27(38-15-3-4-23(32)20-38)29(30)31-35-36-37-39(31)19-22-7-11-25(45-2)12-8-22/h5-14,23,26,33-34H,3-4,15-20,32H2,1-2H3/t23-/m1/s1. The summed E-state index contributed by atoms with van der Waals surface area (Å²) in [6, 6.07) is 17.1. The zero-order chi connectivity index (χ0) is 33.2. The maximum Gasteiger partial charge on any atom is 0.242 e. The summed E-state index contributed by atoms with van der Waals surface area (Å²) >= 11 is 0. The molecule has 47 heavy (non-hydrogen) atoms. The Morgan fingerprint density at radius 2 is 1.60 bits per heavy atom. The fraction of sp³-hybridized carbons (Fsp3) is 0.387. The van der Waals surface area contributed by atoms with Crippen LogP contribution in [0.4, 0.5) is 5.69 Å². The van der Waals surface area contributed by atoms with Gasteiger partial charge in [0.05, 0.1) is 36.5 Å². The smallest absolute Gasteiger partial charge is 0.242 e. The van der Waals surface area contributed by atoms with Crippen LogP contribution in [-0.4, -0.2) is 88.7 Å². The van der Waals surface area contributed by atoms with Crippen LogP contribution in [0.25, 0.3) is 11.4 Å². The Labute approximate surface area is 274 Å². The van der Waals surface area contributed by atoms with Crippen molar-refractivity contribution >= 4 is 25.5 Å². The van der Waals surface area contributed by atoms with E-state index in [1.165, 1.54) is 10.7 Å². The molecule has 4 N–H and O–H groups in total. The van der Waals surface area contributed by atoms with Crippen LogP contribution >= 0.6 is 0 Å². The monoisotopic (exact) mass is 682 g/mol. The van der Waals surface area contributed by atoms with Crippen molar-refractivity contribution in [3.05, 3.63) is 71.8 Å². The van der Waals surface area contributed by atoms with Gasteiger partial charge < -0.3 is 25.4 Å². The highest BCUT2D eigenvalue weighted by molar-refractivity contribution is 7.94. The first kappa shape index (κ1) is 32.8. The highest BCUT2D eigenvalue weighted by Gasteiger charge is 2.40. The molecule has 0 aliphatic carbocycles. The second-order valence-electron chi connectivity index (χ2n) is 11.6. The van der Waals surface area contributed by atoms with Gasteiger partial charge in [0.25, 0.3) is 0 Å². The molecule has 0 radical (unpaired) electrons. The van der Waals surface area contributed by atoms with Gasteiger partial charge >= 0.3 is 0 Å². The van der Waals surface area contributed by atoms with Gasteiger partial charge in [0.1, 0.15) is 16.4 Å². The summed E-state index contributed by atoms with van der Waals surface area (Å²) in [5.74, 6) is 1.41. The maximum atomic E-state index is 14.5. The fourth-order valence-electron chi connectivity index (χ4n) is 5.80. The summed E-state index contributed by atoms with van der Waals surface area (Å²) in [6.07, 6.45) is 1.60. The van der Waals surface area contributed by atoms with E-state index < -0.39 is 25.1 Å². The summed E-state index contributed by atoms with van der Waals surface area (Å²) in [7, 11) is -5.47. The van der Waals surface area contributed by atoms with Crippen LogP contribution in [-0.2, 0) is 33.0 Å². The molecule has 2 aliphatic heterocycles. The molecule has 4 aromatic rings. The Kier molecular flexibility index (Phi) is 9.48. The number of hydrogen-bond donors (Lipinski definition) is 3.